The largest absolute Gasteiger partial charge is 0.355 e. The summed E-state index contributed by atoms with van der Waals surface area (Å²) in [4.78, 5) is 11.5. The summed E-state index contributed by atoms with van der Waals surface area (Å²) in [6.07, 6.45) is 2.72. The SMILES string of the molecule is CCCNC(=O)C(C#N)CCSCCC. The summed E-state index contributed by atoms with van der Waals surface area (Å²) in [7, 11) is 0. The maximum atomic E-state index is 11.5. The van der Waals surface area contributed by atoms with E-state index in [9.17, 15) is 4.79 Å². The molecule has 1 unspecified atom stereocenters. The van der Waals surface area contributed by atoms with Gasteiger partial charge in [0, 0.05) is 6.54 Å². The van der Waals surface area contributed by atoms with E-state index in [4.69, 9.17) is 5.26 Å². The minimum atomic E-state index is -0.471. The lowest BCUT2D eigenvalue weighted by Crippen LogP contribution is -2.30. The van der Waals surface area contributed by atoms with Gasteiger partial charge in [0.05, 0.1) is 6.07 Å². The normalized spacial score (nSPS) is 11.8. The van der Waals surface area contributed by atoms with Crippen molar-refractivity contribution in [3.8, 4) is 6.07 Å². The number of carbonyl (C=O) groups is 1. The summed E-state index contributed by atoms with van der Waals surface area (Å²) >= 11 is 1.81. The first-order chi connectivity index (χ1) is 7.26. The minimum absolute atomic E-state index is 0.114. The van der Waals surface area contributed by atoms with Gasteiger partial charge in [-0.05, 0) is 30.8 Å². The van der Waals surface area contributed by atoms with Crippen molar-refractivity contribution in [1.82, 2.24) is 5.32 Å². The molecule has 3 nitrogen and oxygen atoms in total. The highest BCUT2D eigenvalue weighted by molar-refractivity contribution is 7.99. The number of rotatable bonds is 8. The van der Waals surface area contributed by atoms with E-state index in [1.807, 2.05) is 18.7 Å². The third-order valence-corrected chi connectivity index (χ3v) is 3.14. The van der Waals surface area contributed by atoms with Gasteiger partial charge in [-0.1, -0.05) is 13.8 Å². The zero-order valence-corrected chi connectivity index (χ0v) is 10.4. The number of thioether (sulfide) groups is 1. The first kappa shape index (κ1) is 14.3. The molecule has 1 atom stereocenters. The Kier molecular flexibility index (Phi) is 9.40. The van der Waals surface area contributed by atoms with E-state index in [0.717, 1.165) is 24.3 Å². The first-order valence-corrected chi connectivity index (χ1v) is 6.66. The lowest BCUT2D eigenvalue weighted by atomic mass is 10.1. The molecule has 1 amide bonds. The van der Waals surface area contributed by atoms with Gasteiger partial charge in [0.15, 0.2) is 0 Å². The van der Waals surface area contributed by atoms with E-state index in [0.29, 0.717) is 13.0 Å². The Bertz CT molecular complexity index is 213. The molecule has 0 aromatic carbocycles. The van der Waals surface area contributed by atoms with Crippen LogP contribution in [-0.2, 0) is 4.79 Å². The highest BCUT2D eigenvalue weighted by atomic mass is 32.2. The van der Waals surface area contributed by atoms with Crippen LogP contribution in [-0.4, -0.2) is 24.0 Å². The second-order valence-electron chi connectivity index (χ2n) is 3.37. The number of nitriles is 1. The fraction of sp³-hybridized carbons (Fsp3) is 0.818. The van der Waals surface area contributed by atoms with Crippen LogP contribution in [0.3, 0.4) is 0 Å². The molecule has 15 heavy (non-hydrogen) atoms. The van der Waals surface area contributed by atoms with Gasteiger partial charge in [-0.25, -0.2) is 0 Å². The Morgan fingerprint density at radius 2 is 2.13 bits per heavy atom. The van der Waals surface area contributed by atoms with Gasteiger partial charge in [0.25, 0.3) is 0 Å². The minimum Gasteiger partial charge on any atom is -0.355 e. The van der Waals surface area contributed by atoms with Crippen LogP contribution in [0.5, 0.6) is 0 Å². The maximum absolute atomic E-state index is 11.5. The van der Waals surface area contributed by atoms with Crippen molar-refractivity contribution in [2.75, 3.05) is 18.1 Å². The molecule has 0 aromatic heterocycles. The van der Waals surface area contributed by atoms with Gasteiger partial charge < -0.3 is 5.32 Å². The third-order valence-electron chi connectivity index (χ3n) is 1.92. The van der Waals surface area contributed by atoms with Crippen molar-refractivity contribution in [1.29, 1.82) is 5.26 Å². The van der Waals surface area contributed by atoms with Crippen molar-refractivity contribution in [3.63, 3.8) is 0 Å². The Morgan fingerprint density at radius 1 is 1.40 bits per heavy atom. The molecule has 0 bridgehead atoms. The van der Waals surface area contributed by atoms with Gasteiger partial charge >= 0.3 is 0 Å². The van der Waals surface area contributed by atoms with E-state index in [1.165, 1.54) is 0 Å². The summed E-state index contributed by atoms with van der Waals surface area (Å²) in [6.45, 7) is 4.79. The average Bonchev–Trinajstić information content (AvgIpc) is 2.26. The monoisotopic (exact) mass is 228 g/mol. The van der Waals surface area contributed by atoms with E-state index in [-0.39, 0.29) is 5.91 Å². The molecule has 0 spiro atoms. The number of nitrogens with zero attached hydrogens (tertiary/aromatic N) is 1. The quantitative estimate of drug-likeness (QED) is 0.648. The van der Waals surface area contributed by atoms with Gasteiger partial charge in [-0.3, -0.25) is 4.79 Å². The van der Waals surface area contributed by atoms with Crippen LogP contribution >= 0.6 is 11.8 Å². The lowest BCUT2D eigenvalue weighted by Gasteiger charge is -2.08. The molecule has 0 aliphatic heterocycles. The number of nitrogens with one attached hydrogen (secondary N) is 1. The van der Waals surface area contributed by atoms with Gasteiger partial charge in [0.1, 0.15) is 5.92 Å². The summed E-state index contributed by atoms with van der Waals surface area (Å²) in [6, 6.07) is 2.06. The molecule has 0 rings (SSSR count). The van der Waals surface area contributed by atoms with Crippen molar-refractivity contribution in [2.45, 2.75) is 33.1 Å². The van der Waals surface area contributed by atoms with Crippen molar-refractivity contribution in [2.24, 2.45) is 5.92 Å². The fourth-order valence-electron chi connectivity index (χ4n) is 1.07. The number of hydrogen-bond donors (Lipinski definition) is 1. The molecule has 0 radical (unpaired) electrons. The summed E-state index contributed by atoms with van der Waals surface area (Å²) in [5.74, 6) is 1.41. The van der Waals surface area contributed by atoms with E-state index in [1.54, 1.807) is 0 Å². The van der Waals surface area contributed by atoms with E-state index >= 15 is 0 Å². The Labute approximate surface area is 96.6 Å². The predicted molar refractivity (Wildman–Crippen MR) is 64.6 cm³/mol. The highest BCUT2D eigenvalue weighted by Crippen LogP contribution is 2.10. The number of hydrogen-bond acceptors (Lipinski definition) is 3. The molecular formula is C11H20N2OS. The summed E-state index contributed by atoms with van der Waals surface area (Å²) < 4.78 is 0. The highest BCUT2D eigenvalue weighted by Gasteiger charge is 2.16. The molecule has 0 saturated heterocycles. The van der Waals surface area contributed by atoms with Crippen molar-refractivity contribution in [3.05, 3.63) is 0 Å². The second-order valence-corrected chi connectivity index (χ2v) is 4.60. The molecule has 86 valence electrons. The van der Waals surface area contributed by atoms with Gasteiger partial charge in [-0.15, -0.1) is 0 Å². The zero-order chi connectivity index (χ0) is 11.5. The van der Waals surface area contributed by atoms with Crippen LogP contribution in [0.1, 0.15) is 33.1 Å². The lowest BCUT2D eigenvalue weighted by molar-refractivity contribution is -0.123. The molecule has 4 heteroatoms. The van der Waals surface area contributed by atoms with Gasteiger partial charge in [0.2, 0.25) is 5.91 Å². The standard InChI is InChI=1S/C11H20N2OS/c1-3-6-13-11(14)10(9-12)5-8-15-7-4-2/h10H,3-8H2,1-2H3,(H,13,14). The zero-order valence-electron chi connectivity index (χ0n) is 9.58. The van der Waals surface area contributed by atoms with Crippen LogP contribution < -0.4 is 5.32 Å². The average molecular weight is 228 g/mol. The van der Waals surface area contributed by atoms with Crippen LogP contribution in [0.15, 0.2) is 0 Å². The molecule has 0 fully saturated rings. The summed E-state index contributed by atoms with van der Waals surface area (Å²) in [5.41, 5.74) is 0. The molecule has 0 aliphatic carbocycles. The number of carbonyl (C=O) groups excluding carboxylic acids is 1. The van der Waals surface area contributed by atoms with E-state index in [2.05, 4.69) is 18.3 Å². The Morgan fingerprint density at radius 3 is 2.67 bits per heavy atom. The molecule has 0 aromatic rings. The van der Waals surface area contributed by atoms with Crippen LogP contribution in [0, 0.1) is 17.2 Å². The second kappa shape index (κ2) is 9.85. The molecule has 0 saturated carbocycles. The number of amides is 1. The van der Waals surface area contributed by atoms with Gasteiger partial charge in [-0.2, -0.15) is 17.0 Å². The van der Waals surface area contributed by atoms with Crippen LogP contribution in [0.25, 0.3) is 0 Å². The molecule has 1 N–H and O–H groups in total. The first-order valence-electron chi connectivity index (χ1n) is 5.51. The van der Waals surface area contributed by atoms with Crippen molar-refractivity contribution >= 4 is 17.7 Å². The van der Waals surface area contributed by atoms with Crippen molar-refractivity contribution < 1.29 is 4.79 Å². The summed E-state index contributed by atoms with van der Waals surface area (Å²) in [5, 5.41) is 11.6. The maximum Gasteiger partial charge on any atom is 0.237 e. The Balaban J connectivity index is 3.72. The Hall–Kier alpha value is -0.690. The van der Waals surface area contributed by atoms with Crippen LogP contribution in [0.2, 0.25) is 0 Å². The molecular weight excluding hydrogens is 208 g/mol. The molecule has 0 aliphatic rings. The van der Waals surface area contributed by atoms with E-state index < -0.39 is 5.92 Å². The predicted octanol–water partition coefficient (Wildman–Crippen LogP) is 2.19. The fourth-order valence-corrected chi connectivity index (χ4v) is 1.97. The topological polar surface area (TPSA) is 52.9 Å². The molecule has 0 heterocycles. The third kappa shape index (κ3) is 7.26. The van der Waals surface area contributed by atoms with Crippen LogP contribution in [0.4, 0.5) is 0 Å². The smallest absolute Gasteiger partial charge is 0.237 e.